The van der Waals surface area contributed by atoms with Gasteiger partial charge < -0.3 is 9.88 Å². The van der Waals surface area contributed by atoms with Crippen LogP contribution in [-0.4, -0.2) is 63.5 Å². The highest BCUT2D eigenvalue weighted by Gasteiger charge is 2.25. The van der Waals surface area contributed by atoms with Crippen molar-refractivity contribution >= 4 is 5.91 Å². The lowest BCUT2D eigenvalue weighted by atomic mass is 10.1. The lowest BCUT2D eigenvalue weighted by Crippen LogP contribution is -2.49. The summed E-state index contributed by atoms with van der Waals surface area (Å²) in [7, 11) is 0. The molecule has 0 aliphatic carbocycles. The summed E-state index contributed by atoms with van der Waals surface area (Å²) < 4.78 is 2.24. The summed E-state index contributed by atoms with van der Waals surface area (Å²) in [5, 5.41) is 3.19. The highest BCUT2D eigenvalue weighted by atomic mass is 16.2. The second-order valence-corrected chi connectivity index (χ2v) is 7.71. The standard InChI is InChI=1S/C20H37N5O/c1-6-18(7-2)22-20(26)17(5)24-11-8-10-23(13-14-24)15-19-21-9-12-25(19)16(3)4/h9,12,16-18H,6-8,10-11,13-15H2,1-5H3,(H,22,26). The molecule has 1 aliphatic rings. The van der Waals surface area contributed by atoms with Gasteiger partial charge in [-0.25, -0.2) is 4.98 Å². The van der Waals surface area contributed by atoms with Gasteiger partial charge in [-0.05, 0) is 46.6 Å². The minimum atomic E-state index is -0.0619. The molecule has 0 radical (unpaired) electrons. The number of carbonyl (C=O) groups excluding carboxylic acids is 1. The van der Waals surface area contributed by atoms with Crippen molar-refractivity contribution in [1.29, 1.82) is 0 Å². The molecule has 1 saturated heterocycles. The maximum absolute atomic E-state index is 12.6. The molecule has 1 N–H and O–H groups in total. The molecule has 1 aliphatic heterocycles. The van der Waals surface area contributed by atoms with Gasteiger partial charge in [0.25, 0.3) is 0 Å². The van der Waals surface area contributed by atoms with Crippen LogP contribution in [-0.2, 0) is 11.3 Å². The zero-order chi connectivity index (χ0) is 19.1. The third-order valence-electron chi connectivity index (χ3n) is 5.55. The van der Waals surface area contributed by atoms with Gasteiger partial charge in [-0.2, -0.15) is 0 Å². The molecule has 148 valence electrons. The number of aromatic nitrogens is 2. The first-order valence-corrected chi connectivity index (χ1v) is 10.2. The number of rotatable bonds is 8. The van der Waals surface area contributed by atoms with Crippen molar-refractivity contribution in [1.82, 2.24) is 24.7 Å². The largest absolute Gasteiger partial charge is 0.352 e. The van der Waals surface area contributed by atoms with Gasteiger partial charge >= 0.3 is 0 Å². The van der Waals surface area contributed by atoms with Crippen LogP contribution in [0.3, 0.4) is 0 Å². The highest BCUT2D eigenvalue weighted by molar-refractivity contribution is 5.81. The van der Waals surface area contributed by atoms with E-state index in [1.165, 1.54) is 0 Å². The minimum Gasteiger partial charge on any atom is -0.352 e. The molecule has 2 heterocycles. The first-order chi connectivity index (χ1) is 12.5. The van der Waals surface area contributed by atoms with Crippen LogP contribution in [0.4, 0.5) is 0 Å². The van der Waals surface area contributed by atoms with E-state index in [4.69, 9.17) is 0 Å². The Hall–Kier alpha value is -1.40. The summed E-state index contributed by atoms with van der Waals surface area (Å²) in [4.78, 5) is 21.9. The fraction of sp³-hybridized carbons (Fsp3) is 0.800. The molecule has 1 aromatic rings. The van der Waals surface area contributed by atoms with Crippen LogP contribution >= 0.6 is 0 Å². The average molecular weight is 364 g/mol. The van der Waals surface area contributed by atoms with Gasteiger partial charge in [0, 0.05) is 44.1 Å². The monoisotopic (exact) mass is 363 g/mol. The van der Waals surface area contributed by atoms with Crippen LogP contribution < -0.4 is 5.32 Å². The van der Waals surface area contributed by atoms with E-state index in [1.807, 2.05) is 13.1 Å². The van der Waals surface area contributed by atoms with Crippen molar-refractivity contribution in [3.63, 3.8) is 0 Å². The quantitative estimate of drug-likeness (QED) is 0.771. The molecular weight excluding hydrogens is 326 g/mol. The molecule has 6 heteroatoms. The van der Waals surface area contributed by atoms with Crippen LogP contribution in [0.2, 0.25) is 0 Å². The van der Waals surface area contributed by atoms with E-state index in [9.17, 15) is 4.79 Å². The summed E-state index contributed by atoms with van der Waals surface area (Å²) in [6.45, 7) is 15.5. The predicted molar refractivity (Wildman–Crippen MR) is 106 cm³/mol. The molecule has 6 nitrogen and oxygen atoms in total. The number of nitrogens with zero attached hydrogens (tertiary/aromatic N) is 4. The number of hydrogen-bond donors (Lipinski definition) is 1. The Balaban J connectivity index is 1.89. The van der Waals surface area contributed by atoms with Gasteiger partial charge in [0.1, 0.15) is 5.82 Å². The van der Waals surface area contributed by atoms with E-state index < -0.39 is 0 Å². The second-order valence-electron chi connectivity index (χ2n) is 7.71. The zero-order valence-electron chi connectivity index (χ0n) is 17.2. The summed E-state index contributed by atoms with van der Waals surface area (Å²) >= 11 is 0. The van der Waals surface area contributed by atoms with Crippen LogP contribution in [0.15, 0.2) is 12.4 Å². The summed E-state index contributed by atoms with van der Waals surface area (Å²) in [6, 6.07) is 0.668. The number of nitrogens with one attached hydrogen (secondary N) is 1. The zero-order valence-corrected chi connectivity index (χ0v) is 17.2. The molecule has 0 spiro atoms. The summed E-state index contributed by atoms with van der Waals surface area (Å²) in [5.41, 5.74) is 0. The van der Waals surface area contributed by atoms with Crippen molar-refractivity contribution in [3.05, 3.63) is 18.2 Å². The number of carbonyl (C=O) groups is 1. The summed E-state index contributed by atoms with van der Waals surface area (Å²) in [6.07, 6.45) is 7.03. The Morgan fingerprint density at radius 3 is 2.54 bits per heavy atom. The molecule has 26 heavy (non-hydrogen) atoms. The van der Waals surface area contributed by atoms with Gasteiger partial charge in [0.2, 0.25) is 5.91 Å². The Bertz CT molecular complexity index is 552. The molecular formula is C20H37N5O. The Labute approximate surface area is 158 Å². The lowest BCUT2D eigenvalue weighted by Gasteiger charge is -2.28. The van der Waals surface area contributed by atoms with Gasteiger partial charge in [0.05, 0.1) is 12.6 Å². The molecule has 0 bridgehead atoms. The fourth-order valence-electron chi connectivity index (χ4n) is 3.65. The number of hydrogen-bond acceptors (Lipinski definition) is 4. The third kappa shape index (κ3) is 5.55. The van der Waals surface area contributed by atoms with Crippen molar-refractivity contribution < 1.29 is 4.79 Å². The van der Waals surface area contributed by atoms with Gasteiger partial charge in [-0.1, -0.05) is 13.8 Å². The average Bonchev–Trinajstić information content (AvgIpc) is 2.97. The first-order valence-electron chi connectivity index (χ1n) is 10.2. The smallest absolute Gasteiger partial charge is 0.237 e. The van der Waals surface area contributed by atoms with Crippen molar-refractivity contribution in [2.24, 2.45) is 0 Å². The predicted octanol–water partition coefficient (Wildman–Crippen LogP) is 2.67. The van der Waals surface area contributed by atoms with Crippen molar-refractivity contribution in [2.45, 2.75) is 78.6 Å². The number of imidazole rings is 1. The first kappa shape index (κ1) is 20.9. The SMILES string of the molecule is CCC(CC)NC(=O)C(C)N1CCCN(Cc2nccn2C(C)C)CC1. The van der Waals surface area contributed by atoms with Crippen LogP contribution in [0.25, 0.3) is 0 Å². The van der Waals surface area contributed by atoms with Crippen LogP contribution in [0.5, 0.6) is 0 Å². The molecule has 0 saturated carbocycles. The Morgan fingerprint density at radius 2 is 1.88 bits per heavy atom. The van der Waals surface area contributed by atoms with E-state index in [1.54, 1.807) is 0 Å². The van der Waals surface area contributed by atoms with Crippen LogP contribution in [0, 0.1) is 0 Å². The molecule has 1 unspecified atom stereocenters. The van der Waals surface area contributed by atoms with E-state index in [0.717, 1.165) is 57.8 Å². The Morgan fingerprint density at radius 1 is 1.15 bits per heavy atom. The molecule has 1 atom stereocenters. The van der Waals surface area contributed by atoms with E-state index >= 15 is 0 Å². The molecule has 1 amide bonds. The second kappa shape index (κ2) is 10.1. The van der Waals surface area contributed by atoms with Gasteiger partial charge in [0.15, 0.2) is 0 Å². The summed E-state index contributed by atoms with van der Waals surface area (Å²) in [5.74, 6) is 1.30. The van der Waals surface area contributed by atoms with E-state index in [-0.39, 0.29) is 11.9 Å². The minimum absolute atomic E-state index is 0.0619. The molecule has 1 aromatic heterocycles. The maximum atomic E-state index is 12.6. The molecule has 0 aromatic carbocycles. The van der Waals surface area contributed by atoms with Crippen molar-refractivity contribution in [2.75, 3.05) is 26.2 Å². The maximum Gasteiger partial charge on any atom is 0.237 e. The third-order valence-corrected chi connectivity index (χ3v) is 5.55. The van der Waals surface area contributed by atoms with Crippen molar-refractivity contribution in [3.8, 4) is 0 Å². The van der Waals surface area contributed by atoms with E-state index in [2.05, 4.69) is 58.6 Å². The van der Waals surface area contributed by atoms with Crippen LogP contribution in [0.1, 0.15) is 65.7 Å². The van der Waals surface area contributed by atoms with Gasteiger partial charge in [-0.15, -0.1) is 0 Å². The Kier molecular flexibility index (Phi) is 8.10. The molecule has 1 fully saturated rings. The molecule has 2 rings (SSSR count). The lowest BCUT2D eigenvalue weighted by molar-refractivity contribution is -0.126. The fourth-order valence-corrected chi connectivity index (χ4v) is 3.65. The highest BCUT2D eigenvalue weighted by Crippen LogP contribution is 2.13. The van der Waals surface area contributed by atoms with Gasteiger partial charge in [-0.3, -0.25) is 14.6 Å². The van der Waals surface area contributed by atoms with E-state index in [0.29, 0.717) is 12.1 Å². The number of amides is 1. The topological polar surface area (TPSA) is 53.4 Å². The normalized spacial score (nSPS) is 18.3.